The number of carbonyl (C=O) groups is 1. The zero-order valence-corrected chi connectivity index (χ0v) is 16.5. The first kappa shape index (κ1) is 19.7. The average Bonchev–Trinajstić information content (AvgIpc) is 3.18. The molecule has 0 aliphatic carbocycles. The van der Waals surface area contributed by atoms with E-state index in [1.54, 1.807) is 41.1 Å². The van der Waals surface area contributed by atoms with Gasteiger partial charge in [0.15, 0.2) is 0 Å². The van der Waals surface area contributed by atoms with Gasteiger partial charge in [0, 0.05) is 34.6 Å². The van der Waals surface area contributed by atoms with E-state index < -0.39 is 5.97 Å². The molecular formula is C23H17ClFN3O2. The highest BCUT2D eigenvalue weighted by atomic mass is 35.5. The van der Waals surface area contributed by atoms with Gasteiger partial charge in [-0.15, -0.1) is 0 Å². The van der Waals surface area contributed by atoms with Gasteiger partial charge in [0.25, 0.3) is 0 Å². The molecule has 0 aliphatic heterocycles. The highest BCUT2D eigenvalue weighted by Gasteiger charge is 2.13. The normalized spacial score (nSPS) is 10.7. The summed E-state index contributed by atoms with van der Waals surface area (Å²) in [6, 6.07) is 20.0. The lowest BCUT2D eigenvalue weighted by Crippen LogP contribution is -2.00. The third-order valence-corrected chi connectivity index (χ3v) is 4.87. The van der Waals surface area contributed by atoms with E-state index in [1.165, 1.54) is 24.3 Å². The molecule has 0 atom stereocenters. The first-order valence-electron chi connectivity index (χ1n) is 9.17. The van der Waals surface area contributed by atoms with Crippen LogP contribution in [-0.4, -0.2) is 20.9 Å². The molecule has 0 saturated carbocycles. The van der Waals surface area contributed by atoms with Crippen molar-refractivity contribution in [2.24, 2.45) is 0 Å². The summed E-state index contributed by atoms with van der Waals surface area (Å²) in [6.07, 6.45) is 1.87. The Kier molecular flexibility index (Phi) is 5.50. The van der Waals surface area contributed by atoms with Crippen LogP contribution in [-0.2, 0) is 6.54 Å². The molecule has 0 spiro atoms. The molecule has 7 heteroatoms. The number of aromatic nitrogens is 2. The summed E-state index contributed by atoms with van der Waals surface area (Å²) in [7, 11) is 0. The highest BCUT2D eigenvalue weighted by molar-refractivity contribution is 6.30. The van der Waals surface area contributed by atoms with Crippen molar-refractivity contribution >= 4 is 23.3 Å². The predicted octanol–water partition coefficient (Wildman–Crippen LogP) is 5.64. The van der Waals surface area contributed by atoms with Gasteiger partial charge in [-0.3, -0.25) is 0 Å². The lowest BCUT2D eigenvalue weighted by Gasteiger charge is -2.07. The van der Waals surface area contributed by atoms with Crippen LogP contribution in [0.15, 0.2) is 79.0 Å². The van der Waals surface area contributed by atoms with Crippen LogP contribution in [0.3, 0.4) is 0 Å². The number of carboxylic acids is 1. The van der Waals surface area contributed by atoms with E-state index in [0.717, 1.165) is 22.5 Å². The van der Waals surface area contributed by atoms with E-state index in [9.17, 15) is 9.18 Å². The zero-order valence-electron chi connectivity index (χ0n) is 15.7. The molecule has 0 saturated heterocycles. The van der Waals surface area contributed by atoms with Crippen molar-refractivity contribution in [1.82, 2.24) is 9.78 Å². The predicted molar refractivity (Wildman–Crippen MR) is 115 cm³/mol. The smallest absolute Gasteiger partial charge is 0.335 e. The van der Waals surface area contributed by atoms with Crippen LogP contribution in [0, 0.1) is 5.82 Å². The molecule has 5 nitrogen and oxygen atoms in total. The molecule has 30 heavy (non-hydrogen) atoms. The van der Waals surface area contributed by atoms with Crippen molar-refractivity contribution in [2.45, 2.75) is 6.54 Å². The molecule has 0 amide bonds. The minimum atomic E-state index is -0.984. The SMILES string of the molecule is O=C(O)c1ccc(-n2cc(CNc3ccc(Cl)cc3)c(-c3ccc(F)cc3)n2)cc1. The molecular weight excluding hydrogens is 405 g/mol. The monoisotopic (exact) mass is 421 g/mol. The highest BCUT2D eigenvalue weighted by Crippen LogP contribution is 2.25. The number of anilines is 1. The van der Waals surface area contributed by atoms with Gasteiger partial charge >= 0.3 is 5.97 Å². The van der Waals surface area contributed by atoms with E-state index in [0.29, 0.717) is 17.3 Å². The fourth-order valence-corrected chi connectivity index (χ4v) is 3.17. The summed E-state index contributed by atoms with van der Waals surface area (Å²) >= 11 is 5.94. The quantitative estimate of drug-likeness (QED) is 0.422. The van der Waals surface area contributed by atoms with Crippen molar-refractivity contribution in [3.63, 3.8) is 0 Å². The van der Waals surface area contributed by atoms with Crippen LogP contribution in [0.5, 0.6) is 0 Å². The molecule has 3 aromatic carbocycles. The van der Waals surface area contributed by atoms with Gasteiger partial charge < -0.3 is 10.4 Å². The van der Waals surface area contributed by atoms with Crippen LogP contribution in [0.1, 0.15) is 15.9 Å². The van der Waals surface area contributed by atoms with Crippen LogP contribution >= 0.6 is 11.6 Å². The summed E-state index contributed by atoms with van der Waals surface area (Å²) < 4.78 is 15.1. The van der Waals surface area contributed by atoms with Crippen LogP contribution < -0.4 is 5.32 Å². The number of halogens is 2. The van der Waals surface area contributed by atoms with Crippen molar-refractivity contribution in [1.29, 1.82) is 0 Å². The van der Waals surface area contributed by atoms with Gasteiger partial charge in [-0.1, -0.05) is 11.6 Å². The first-order valence-corrected chi connectivity index (χ1v) is 9.55. The van der Waals surface area contributed by atoms with Crippen molar-refractivity contribution in [3.8, 4) is 16.9 Å². The van der Waals surface area contributed by atoms with Gasteiger partial charge in [-0.2, -0.15) is 5.10 Å². The summed E-state index contributed by atoms with van der Waals surface area (Å²) in [5.41, 5.74) is 4.22. The second-order valence-corrected chi connectivity index (χ2v) is 7.10. The molecule has 4 rings (SSSR count). The maximum absolute atomic E-state index is 13.4. The summed E-state index contributed by atoms with van der Waals surface area (Å²) in [5, 5.41) is 17.8. The Bertz CT molecular complexity index is 1170. The second-order valence-electron chi connectivity index (χ2n) is 6.67. The number of benzene rings is 3. The maximum atomic E-state index is 13.4. The van der Waals surface area contributed by atoms with Gasteiger partial charge in [-0.25, -0.2) is 13.9 Å². The Morgan fingerprint density at radius 1 is 1.00 bits per heavy atom. The lowest BCUT2D eigenvalue weighted by atomic mass is 10.1. The fourth-order valence-electron chi connectivity index (χ4n) is 3.04. The van der Waals surface area contributed by atoms with Crippen molar-refractivity contribution in [2.75, 3.05) is 5.32 Å². The Hall–Kier alpha value is -3.64. The van der Waals surface area contributed by atoms with E-state index >= 15 is 0 Å². The van der Waals surface area contributed by atoms with Crippen LogP contribution in [0.4, 0.5) is 10.1 Å². The number of nitrogens with zero attached hydrogens (tertiary/aromatic N) is 2. The Labute approximate surface area is 177 Å². The molecule has 2 N–H and O–H groups in total. The van der Waals surface area contributed by atoms with E-state index in [2.05, 4.69) is 10.4 Å². The number of nitrogens with one attached hydrogen (secondary N) is 1. The largest absolute Gasteiger partial charge is 0.478 e. The molecule has 1 aromatic heterocycles. The van der Waals surface area contributed by atoms with Crippen molar-refractivity contribution < 1.29 is 14.3 Å². The minimum Gasteiger partial charge on any atom is -0.478 e. The van der Waals surface area contributed by atoms with E-state index in [1.807, 2.05) is 18.3 Å². The number of rotatable bonds is 6. The number of aromatic carboxylic acids is 1. The van der Waals surface area contributed by atoms with Gasteiger partial charge in [0.2, 0.25) is 0 Å². The molecule has 1 heterocycles. The summed E-state index contributed by atoms with van der Waals surface area (Å²) in [5.74, 6) is -1.30. The molecule has 150 valence electrons. The van der Waals surface area contributed by atoms with Gasteiger partial charge in [0.05, 0.1) is 16.9 Å². The van der Waals surface area contributed by atoms with Gasteiger partial charge in [0.1, 0.15) is 5.82 Å². The molecule has 0 aliphatic rings. The maximum Gasteiger partial charge on any atom is 0.335 e. The topological polar surface area (TPSA) is 67.2 Å². The molecule has 0 fully saturated rings. The Morgan fingerprint density at radius 2 is 1.67 bits per heavy atom. The molecule has 4 aromatic rings. The lowest BCUT2D eigenvalue weighted by molar-refractivity contribution is 0.0697. The Morgan fingerprint density at radius 3 is 2.30 bits per heavy atom. The third kappa shape index (κ3) is 4.34. The number of hydrogen-bond acceptors (Lipinski definition) is 3. The Balaban J connectivity index is 1.68. The minimum absolute atomic E-state index is 0.203. The zero-order chi connectivity index (χ0) is 21.1. The van der Waals surface area contributed by atoms with Crippen molar-refractivity contribution in [3.05, 3.63) is 101 Å². The third-order valence-electron chi connectivity index (χ3n) is 4.61. The number of hydrogen-bond donors (Lipinski definition) is 2. The average molecular weight is 422 g/mol. The molecule has 0 unspecified atom stereocenters. The second kappa shape index (κ2) is 8.39. The van der Waals surface area contributed by atoms with E-state index in [-0.39, 0.29) is 11.4 Å². The van der Waals surface area contributed by atoms with Crippen LogP contribution in [0.25, 0.3) is 16.9 Å². The van der Waals surface area contributed by atoms with Gasteiger partial charge in [-0.05, 0) is 72.8 Å². The molecule has 0 radical (unpaired) electrons. The first-order chi connectivity index (χ1) is 14.5. The standard InChI is InChI=1S/C23H17ClFN3O2/c24-18-5-9-20(10-6-18)26-13-17-14-28(21-11-3-16(4-12-21)23(29)30)27-22(17)15-1-7-19(25)8-2-15/h1-12,14,26H,13H2,(H,29,30). The summed E-state index contributed by atoms with van der Waals surface area (Å²) in [4.78, 5) is 11.1. The molecule has 0 bridgehead atoms. The number of carboxylic acid groups (broad SMARTS) is 1. The van der Waals surface area contributed by atoms with Crippen LogP contribution in [0.2, 0.25) is 5.02 Å². The van der Waals surface area contributed by atoms with E-state index in [4.69, 9.17) is 16.7 Å². The summed E-state index contributed by atoms with van der Waals surface area (Å²) in [6.45, 7) is 0.488. The fraction of sp³-hybridized carbons (Fsp3) is 0.0435.